The van der Waals surface area contributed by atoms with E-state index in [9.17, 15) is 8.42 Å². The van der Waals surface area contributed by atoms with Crippen LogP contribution in [0.5, 0.6) is 0 Å². The molecule has 0 aromatic heterocycles. The predicted molar refractivity (Wildman–Crippen MR) is 76.1 cm³/mol. The van der Waals surface area contributed by atoms with Crippen molar-refractivity contribution in [3.05, 3.63) is 58.6 Å². The van der Waals surface area contributed by atoms with Crippen molar-refractivity contribution in [2.45, 2.75) is 4.90 Å². The minimum atomic E-state index is -3.68. The molecule has 0 atom stereocenters. The lowest BCUT2D eigenvalue weighted by Crippen LogP contribution is -2.13. The highest BCUT2D eigenvalue weighted by Crippen LogP contribution is 2.23. The Labute approximate surface area is 119 Å². The second-order valence-corrected chi connectivity index (χ2v) is 6.32. The van der Waals surface area contributed by atoms with Gasteiger partial charge in [0.1, 0.15) is 6.07 Å². The van der Waals surface area contributed by atoms with Crippen LogP contribution in [0, 0.1) is 11.3 Å². The van der Waals surface area contributed by atoms with Crippen LogP contribution in [0.3, 0.4) is 0 Å². The van der Waals surface area contributed by atoms with Gasteiger partial charge in [0.15, 0.2) is 0 Å². The van der Waals surface area contributed by atoms with Gasteiger partial charge in [-0.25, -0.2) is 8.42 Å². The quantitative estimate of drug-likeness (QED) is 0.935. The lowest BCUT2D eigenvalue weighted by atomic mass is 10.2. The van der Waals surface area contributed by atoms with Crippen molar-refractivity contribution in [3.8, 4) is 6.07 Å². The zero-order chi connectivity index (χ0) is 13.9. The molecule has 0 saturated carbocycles. The SMILES string of the molecule is N#Cc1cc(Br)ccc1NS(=O)(=O)c1ccccc1. The Morgan fingerprint density at radius 2 is 1.79 bits per heavy atom. The zero-order valence-electron chi connectivity index (χ0n) is 9.67. The van der Waals surface area contributed by atoms with E-state index in [1.54, 1.807) is 36.4 Å². The minimum absolute atomic E-state index is 0.154. The van der Waals surface area contributed by atoms with E-state index in [0.29, 0.717) is 4.47 Å². The number of nitrogens with one attached hydrogen (secondary N) is 1. The summed E-state index contributed by atoms with van der Waals surface area (Å²) in [5.74, 6) is 0. The molecule has 2 aromatic carbocycles. The number of halogens is 1. The topological polar surface area (TPSA) is 70.0 Å². The Kier molecular flexibility index (Phi) is 3.88. The van der Waals surface area contributed by atoms with E-state index < -0.39 is 10.0 Å². The Morgan fingerprint density at radius 1 is 1.11 bits per heavy atom. The Hall–Kier alpha value is -1.84. The van der Waals surface area contributed by atoms with Gasteiger partial charge in [-0.3, -0.25) is 4.72 Å². The van der Waals surface area contributed by atoms with Crippen molar-refractivity contribution in [2.75, 3.05) is 4.72 Å². The molecule has 2 aromatic rings. The van der Waals surface area contributed by atoms with Crippen molar-refractivity contribution in [2.24, 2.45) is 0 Å². The van der Waals surface area contributed by atoms with Crippen molar-refractivity contribution < 1.29 is 8.42 Å². The number of nitrogens with zero attached hydrogens (tertiary/aromatic N) is 1. The summed E-state index contributed by atoms with van der Waals surface area (Å²) in [5.41, 5.74) is 0.517. The second kappa shape index (κ2) is 5.43. The Bertz CT molecular complexity index is 737. The molecule has 0 fully saturated rings. The van der Waals surface area contributed by atoms with Gasteiger partial charge in [0, 0.05) is 4.47 Å². The molecule has 1 N–H and O–H groups in total. The number of rotatable bonds is 3. The number of nitriles is 1. The van der Waals surface area contributed by atoms with E-state index >= 15 is 0 Å². The Balaban J connectivity index is 2.40. The van der Waals surface area contributed by atoms with Crippen molar-refractivity contribution >= 4 is 31.6 Å². The normalized spacial score (nSPS) is 10.7. The molecule has 4 nitrogen and oxygen atoms in total. The Morgan fingerprint density at radius 3 is 2.42 bits per heavy atom. The van der Waals surface area contributed by atoms with E-state index in [4.69, 9.17) is 5.26 Å². The van der Waals surface area contributed by atoms with Gasteiger partial charge in [0.25, 0.3) is 10.0 Å². The van der Waals surface area contributed by atoms with Crippen molar-refractivity contribution in [1.29, 1.82) is 5.26 Å². The van der Waals surface area contributed by atoms with Crippen LogP contribution in [-0.4, -0.2) is 8.42 Å². The van der Waals surface area contributed by atoms with Crippen molar-refractivity contribution in [1.82, 2.24) is 0 Å². The molecule has 0 bridgehead atoms. The zero-order valence-corrected chi connectivity index (χ0v) is 12.1. The summed E-state index contributed by atoms with van der Waals surface area (Å²) in [4.78, 5) is 0.154. The van der Waals surface area contributed by atoms with Crippen LogP contribution in [0.1, 0.15) is 5.56 Å². The maximum absolute atomic E-state index is 12.1. The number of hydrogen-bond acceptors (Lipinski definition) is 3. The van der Waals surface area contributed by atoms with Gasteiger partial charge in [-0.05, 0) is 30.3 Å². The van der Waals surface area contributed by atoms with Crippen LogP contribution in [0.15, 0.2) is 57.9 Å². The first-order valence-electron chi connectivity index (χ1n) is 5.30. The van der Waals surface area contributed by atoms with Crippen LogP contribution < -0.4 is 4.72 Å². The molecule has 0 amide bonds. The number of anilines is 1. The van der Waals surface area contributed by atoms with Crippen LogP contribution in [0.4, 0.5) is 5.69 Å². The summed E-state index contributed by atoms with van der Waals surface area (Å²) in [6, 6.07) is 14.7. The molecule has 6 heteroatoms. The molecule has 0 radical (unpaired) electrons. The van der Waals surface area contributed by atoms with E-state index in [0.717, 1.165) is 0 Å². The first-order valence-corrected chi connectivity index (χ1v) is 7.58. The molecule has 0 aliphatic rings. The van der Waals surface area contributed by atoms with Gasteiger partial charge in [0.05, 0.1) is 16.1 Å². The highest BCUT2D eigenvalue weighted by atomic mass is 79.9. The largest absolute Gasteiger partial charge is 0.278 e. The molecule has 0 heterocycles. The minimum Gasteiger partial charge on any atom is -0.278 e. The van der Waals surface area contributed by atoms with Crippen LogP contribution in [-0.2, 0) is 10.0 Å². The third kappa shape index (κ3) is 3.13. The van der Waals surface area contributed by atoms with E-state index in [1.807, 2.05) is 6.07 Å². The number of hydrogen-bond donors (Lipinski definition) is 1. The lowest BCUT2D eigenvalue weighted by Gasteiger charge is -2.09. The second-order valence-electron chi connectivity index (χ2n) is 3.72. The van der Waals surface area contributed by atoms with Gasteiger partial charge in [0.2, 0.25) is 0 Å². The first kappa shape index (κ1) is 13.6. The van der Waals surface area contributed by atoms with Crippen LogP contribution in [0.2, 0.25) is 0 Å². The molecule has 0 aliphatic carbocycles. The summed E-state index contributed by atoms with van der Waals surface area (Å²) < 4.78 is 27.4. The molecule has 19 heavy (non-hydrogen) atoms. The molecule has 0 aliphatic heterocycles. The molecular weight excluding hydrogens is 328 g/mol. The van der Waals surface area contributed by atoms with Crippen LogP contribution in [0.25, 0.3) is 0 Å². The average molecular weight is 337 g/mol. The molecule has 0 spiro atoms. The number of benzene rings is 2. The van der Waals surface area contributed by atoms with E-state index in [1.165, 1.54) is 12.1 Å². The molecule has 2 rings (SSSR count). The smallest absolute Gasteiger partial charge is 0.261 e. The highest BCUT2D eigenvalue weighted by molar-refractivity contribution is 9.10. The molecule has 96 valence electrons. The van der Waals surface area contributed by atoms with Gasteiger partial charge in [-0.15, -0.1) is 0 Å². The van der Waals surface area contributed by atoms with Gasteiger partial charge < -0.3 is 0 Å². The molecule has 0 unspecified atom stereocenters. The fourth-order valence-electron chi connectivity index (χ4n) is 1.50. The molecular formula is C13H9BrN2O2S. The van der Waals surface area contributed by atoms with Crippen molar-refractivity contribution in [3.63, 3.8) is 0 Å². The summed E-state index contributed by atoms with van der Waals surface area (Å²) in [5, 5.41) is 9.00. The standard InChI is InChI=1S/C13H9BrN2O2S/c14-11-6-7-13(10(8-11)9-15)16-19(17,18)12-4-2-1-3-5-12/h1-8,16H. The van der Waals surface area contributed by atoms with E-state index in [-0.39, 0.29) is 16.1 Å². The lowest BCUT2D eigenvalue weighted by molar-refractivity contribution is 0.601. The predicted octanol–water partition coefficient (Wildman–Crippen LogP) is 3.12. The molecule has 0 saturated heterocycles. The third-order valence-corrected chi connectivity index (χ3v) is 4.27. The fraction of sp³-hybridized carbons (Fsp3) is 0. The summed E-state index contributed by atoms with van der Waals surface area (Å²) in [6.45, 7) is 0. The maximum atomic E-state index is 12.1. The van der Waals surface area contributed by atoms with Gasteiger partial charge in [-0.2, -0.15) is 5.26 Å². The summed E-state index contributed by atoms with van der Waals surface area (Å²) in [7, 11) is -3.68. The maximum Gasteiger partial charge on any atom is 0.261 e. The van der Waals surface area contributed by atoms with E-state index in [2.05, 4.69) is 20.7 Å². The summed E-state index contributed by atoms with van der Waals surface area (Å²) >= 11 is 3.23. The third-order valence-electron chi connectivity index (χ3n) is 2.40. The summed E-state index contributed by atoms with van der Waals surface area (Å²) in [6.07, 6.45) is 0. The van der Waals surface area contributed by atoms with Gasteiger partial charge >= 0.3 is 0 Å². The fourth-order valence-corrected chi connectivity index (χ4v) is 2.96. The van der Waals surface area contributed by atoms with Crippen LogP contribution >= 0.6 is 15.9 Å². The monoisotopic (exact) mass is 336 g/mol. The number of sulfonamides is 1. The first-order chi connectivity index (χ1) is 9.03. The van der Waals surface area contributed by atoms with Gasteiger partial charge in [-0.1, -0.05) is 34.1 Å². The average Bonchev–Trinajstić information content (AvgIpc) is 2.41. The highest BCUT2D eigenvalue weighted by Gasteiger charge is 2.15.